The molecule has 0 radical (unpaired) electrons. The van der Waals surface area contributed by atoms with Gasteiger partial charge in [0, 0.05) is 5.94 Å². The molecule has 3 saturated carbocycles. The summed E-state index contributed by atoms with van der Waals surface area (Å²) < 4.78 is 6.00. The van der Waals surface area contributed by atoms with Gasteiger partial charge in [-0.2, -0.15) is 0 Å². The molecule has 5 heteroatoms. The molecule has 4 unspecified atom stereocenters. The van der Waals surface area contributed by atoms with Crippen molar-refractivity contribution in [2.75, 3.05) is 6.54 Å². The number of hydrogen-bond donors (Lipinski definition) is 3. The quantitative estimate of drug-likeness (QED) is 0.666. The SMILES string of the molecule is CC1(C)C2CC(O)[C@@](C)(OB(O)C3CCCN3)C1C2. The maximum atomic E-state index is 10.4. The lowest BCUT2D eigenvalue weighted by Gasteiger charge is -2.66. The van der Waals surface area contributed by atoms with Gasteiger partial charge in [0.25, 0.3) is 0 Å². The average Bonchev–Trinajstić information content (AvgIpc) is 2.85. The van der Waals surface area contributed by atoms with E-state index in [9.17, 15) is 10.1 Å². The molecule has 108 valence electrons. The lowest BCUT2D eigenvalue weighted by Crippen LogP contribution is -2.69. The van der Waals surface area contributed by atoms with Gasteiger partial charge in [-0.1, -0.05) is 13.8 Å². The molecule has 0 amide bonds. The largest absolute Gasteiger partial charge is 0.472 e. The number of nitrogens with one attached hydrogen (secondary N) is 1. The third-order valence-electron chi connectivity index (χ3n) is 6.15. The van der Waals surface area contributed by atoms with Gasteiger partial charge in [0.2, 0.25) is 0 Å². The smallest absolute Gasteiger partial charge is 0.426 e. The van der Waals surface area contributed by atoms with Crippen LogP contribution in [0.5, 0.6) is 0 Å². The second kappa shape index (κ2) is 4.45. The van der Waals surface area contributed by atoms with Gasteiger partial charge in [-0.15, -0.1) is 0 Å². The van der Waals surface area contributed by atoms with E-state index in [1.165, 1.54) is 0 Å². The van der Waals surface area contributed by atoms with E-state index in [0.717, 1.165) is 32.2 Å². The Kier molecular flexibility index (Phi) is 3.25. The lowest BCUT2D eigenvalue weighted by molar-refractivity contribution is -0.239. The molecular weight excluding hydrogens is 241 g/mol. The second-order valence-electron chi connectivity index (χ2n) is 7.45. The predicted molar refractivity (Wildman–Crippen MR) is 74.5 cm³/mol. The van der Waals surface area contributed by atoms with Crippen LogP contribution in [0.4, 0.5) is 0 Å². The highest BCUT2D eigenvalue weighted by molar-refractivity contribution is 6.45. The molecule has 4 aliphatic rings. The number of hydrogen-bond acceptors (Lipinski definition) is 4. The van der Waals surface area contributed by atoms with E-state index in [1.54, 1.807) is 0 Å². The minimum Gasteiger partial charge on any atom is -0.426 e. The van der Waals surface area contributed by atoms with Crippen LogP contribution in [0.25, 0.3) is 0 Å². The third-order valence-corrected chi connectivity index (χ3v) is 6.15. The first kappa shape index (κ1) is 13.9. The predicted octanol–water partition coefficient (Wildman–Crippen LogP) is 0.960. The Bertz CT molecular complexity index is 359. The Morgan fingerprint density at radius 3 is 2.58 bits per heavy atom. The molecule has 5 atom stereocenters. The van der Waals surface area contributed by atoms with Crippen LogP contribution < -0.4 is 5.32 Å². The Balaban J connectivity index is 1.73. The Morgan fingerprint density at radius 1 is 1.26 bits per heavy atom. The molecule has 1 heterocycles. The van der Waals surface area contributed by atoms with E-state index in [1.807, 2.05) is 6.92 Å². The van der Waals surface area contributed by atoms with Crippen molar-refractivity contribution in [3.05, 3.63) is 0 Å². The Hall–Kier alpha value is -0.0951. The first-order chi connectivity index (χ1) is 8.85. The summed E-state index contributed by atoms with van der Waals surface area (Å²) in [6.07, 6.45) is 3.49. The Morgan fingerprint density at radius 2 is 2.00 bits per heavy atom. The van der Waals surface area contributed by atoms with Crippen LogP contribution in [0.2, 0.25) is 0 Å². The average molecular weight is 267 g/mol. The van der Waals surface area contributed by atoms with Gasteiger partial charge in [0.15, 0.2) is 0 Å². The van der Waals surface area contributed by atoms with E-state index < -0.39 is 18.8 Å². The van der Waals surface area contributed by atoms with Crippen LogP contribution in [-0.2, 0) is 4.65 Å². The van der Waals surface area contributed by atoms with Crippen molar-refractivity contribution in [1.82, 2.24) is 5.32 Å². The summed E-state index contributed by atoms with van der Waals surface area (Å²) in [6.45, 7) is 7.46. The highest BCUT2D eigenvalue weighted by Gasteiger charge is 2.64. The zero-order chi connectivity index (χ0) is 13.8. The molecule has 0 aromatic carbocycles. The summed E-state index contributed by atoms with van der Waals surface area (Å²) in [5.74, 6) is 0.959. The van der Waals surface area contributed by atoms with E-state index >= 15 is 0 Å². The number of aliphatic hydroxyl groups excluding tert-OH is 1. The van der Waals surface area contributed by atoms with Gasteiger partial charge < -0.3 is 20.1 Å². The van der Waals surface area contributed by atoms with E-state index in [4.69, 9.17) is 4.65 Å². The van der Waals surface area contributed by atoms with Crippen molar-refractivity contribution < 1.29 is 14.8 Å². The van der Waals surface area contributed by atoms with Gasteiger partial charge in [-0.3, -0.25) is 0 Å². The normalized spacial score (nSPS) is 47.8. The van der Waals surface area contributed by atoms with Gasteiger partial charge in [0.05, 0.1) is 11.7 Å². The molecule has 4 rings (SSSR count). The fraction of sp³-hybridized carbons (Fsp3) is 1.00. The molecule has 4 nitrogen and oxygen atoms in total. The monoisotopic (exact) mass is 267 g/mol. The molecule has 4 fully saturated rings. The summed E-state index contributed by atoms with van der Waals surface area (Å²) in [4.78, 5) is 0. The minimum atomic E-state index is -0.810. The van der Waals surface area contributed by atoms with Crippen LogP contribution >= 0.6 is 0 Å². The molecular formula is C14H26BNO3. The Labute approximate surface area is 116 Å². The topological polar surface area (TPSA) is 61.7 Å². The molecule has 3 N–H and O–H groups in total. The van der Waals surface area contributed by atoms with Crippen molar-refractivity contribution in [2.45, 2.75) is 64.1 Å². The van der Waals surface area contributed by atoms with Gasteiger partial charge in [-0.25, -0.2) is 0 Å². The molecule has 19 heavy (non-hydrogen) atoms. The van der Waals surface area contributed by atoms with Crippen LogP contribution in [0.3, 0.4) is 0 Å². The van der Waals surface area contributed by atoms with Crippen molar-refractivity contribution in [3.63, 3.8) is 0 Å². The maximum Gasteiger partial charge on any atom is 0.472 e. The van der Waals surface area contributed by atoms with Gasteiger partial charge >= 0.3 is 7.12 Å². The first-order valence-corrected chi connectivity index (χ1v) is 7.63. The zero-order valence-electron chi connectivity index (χ0n) is 12.2. The minimum absolute atomic E-state index is 0.0185. The van der Waals surface area contributed by atoms with Crippen LogP contribution in [0, 0.1) is 17.3 Å². The summed E-state index contributed by atoms with van der Waals surface area (Å²) >= 11 is 0. The lowest BCUT2D eigenvalue weighted by atomic mass is 9.43. The maximum absolute atomic E-state index is 10.4. The summed E-state index contributed by atoms with van der Waals surface area (Å²) in [5, 5.41) is 24.0. The zero-order valence-corrected chi connectivity index (χ0v) is 12.2. The van der Waals surface area contributed by atoms with Crippen molar-refractivity contribution in [2.24, 2.45) is 17.3 Å². The fourth-order valence-electron chi connectivity index (χ4n) is 4.58. The molecule has 3 aliphatic carbocycles. The molecule has 1 aliphatic heterocycles. The van der Waals surface area contributed by atoms with E-state index in [2.05, 4.69) is 19.2 Å². The molecule has 0 aromatic heterocycles. The summed E-state index contributed by atoms with van der Waals surface area (Å²) in [6, 6.07) is 0. The van der Waals surface area contributed by atoms with E-state index in [0.29, 0.717) is 11.8 Å². The number of rotatable bonds is 3. The standard InChI is InChI=1S/C14H26BNO3/c1-13(2)9-7-10(13)14(3,11(17)8-9)19-15(18)12-5-4-6-16-12/h9-12,16-18H,4-8H2,1-3H3/t9?,10?,11?,12?,14-/m0/s1. The van der Waals surface area contributed by atoms with Crippen LogP contribution in [0.1, 0.15) is 46.5 Å². The summed E-state index contributed by atoms with van der Waals surface area (Å²) in [7, 11) is -0.810. The second-order valence-corrected chi connectivity index (χ2v) is 7.45. The van der Waals surface area contributed by atoms with Crippen LogP contribution in [-0.4, -0.2) is 41.4 Å². The molecule has 0 aromatic rings. The highest BCUT2D eigenvalue weighted by atomic mass is 16.5. The molecule has 2 bridgehead atoms. The number of fused-ring (bicyclic) bond motifs is 2. The van der Waals surface area contributed by atoms with Crippen molar-refractivity contribution in [1.29, 1.82) is 0 Å². The molecule has 0 spiro atoms. The van der Waals surface area contributed by atoms with Gasteiger partial charge in [0.1, 0.15) is 0 Å². The van der Waals surface area contributed by atoms with Crippen molar-refractivity contribution >= 4 is 7.12 Å². The first-order valence-electron chi connectivity index (χ1n) is 7.63. The highest BCUT2D eigenvalue weighted by Crippen LogP contribution is 2.63. The van der Waals surface area contributed by atoms with Crippen LogP contribution in [0.15, 0.2) is 0 Å². The van der Waals surface area contributed by atoms with Gasteiger partial charge in [-0.05, 0) is 56.4 Å². The fourth-order valence-corrected chi connectivity index (χ4v) is 4.58. The summed E-state index contributed by atoms with van der Waals surface area (Å²) in [5.41, 5.74) is -0.390. The molecule has 1 saturated heterocycles. The third kappa shape index (κ3) is 1.97. The van der Waals surface area contributed by atoms with Crippen molar-refractivity contribution in [3.8, 4) is 0 Å². The van der Waals surface area contributed by atoms with E-state index in [-0.39, 0.29) is 11.4 Å². The number of aliphatic hydroxyl groups is 1.